The Labute approximate surface area is 160 Å². The van der Waals surface area contributed by atoms with E-state index < -0.39 is 17.3 Å². The summed E-state index contributed by atoms with van der Waals surface area (Å²) in [6, 6.07) is 5.29. The second-order valence-corrected chi connectivity index (χ2v) is 7.10. The minimum atomic E-state index is -0.961. The number of benzene rings is 1. The summed E-state index contributed by atoms with van der Waals surface area (Å²) < 4.78 is 25.2. The second-order valence-electron chi connectivity index (χ2n) is 6.39. The summed E-state index contributed by atoms with van der Waals surface area (Å²) in [5.41, 5.74) is -0.0124. The zero-order valence-electron chi connectivity index (χ0n) is 14.7. The predicted octanol–water partition coefficient (Wildman–Crippen LogP) is 4.44. The van der Waals surface area contributed by atoms with E-state index in [0.29, 0.717) is 11.5 Å². The van der Waals surface area contributed by atoms with Gasteiger partial charge in [-0.1, -0.05) is 23.2 Å². The molecule has 0 saturated heterocycles. The fraction of sp³-hybridized carbons (Fsp3) is 0.333. The molecule has 2 aromatic rings. The van der Waals surface area contributed by atoms with Gasteiger partial charge in [-0.2, -0.15) is 0 Å². The highest BCUT2D eigenvalue weighted by molar-refractivity contribution is 6.35. The number of aromatic nitrogens is 1. The lowest BCUT2D eigenvalue weighted by atomic mass is 9.94. The molecule has 0 fully saturated rings. The molecule has 0 unspecified atom stereocenters. The van der Waals surface area contributed by atoms with E-state index in [0.717, 1.165) is 5.56 Å². The Balaban J connectivity index is 2.07. The zero-order chi connectivity index (χ0) is 19.2. The number of halogens is 3. The molecular weight excluding hydrogens is 382 g/mol. The fourth-order valence-electron chi connectivity index (χ4n) is 3.22. The molecule has 5 nitrogen and oxygen atoms in total. The molecule has 1 aromatic carbocycles. The molecule has 1 aliphatic heterocycles. The first kappa shape index (κ1) is 18.7. The topological polar surface area (TPSA) is 51.7 Å². The average molecular weight is 399 g/mol. The van der Waals surface area contributed by atoms with Crippen molar-refractivity contribution in [3.8, 4) is 11.5 Å². The van der Waals surface area contributed by atoms with E-state index in [1.54, 1.807) is 39.2 Å². The standard InChI is InChI=1S/C18H17Cl2FN2O3/c1-18(2)13-12(15(19)22-16(20)14(13)21)17(24)23(18)8-9-5-6-10(25-3)7-11(9)26-4/h5-7H,8H2,1-4H3. The van der Waals surface area contributed by atoms with Gasteiger partial charge in [0.05, 0.1) is 31.9 Å². The van der Waals surface area contributed by atoms with Gasteiger partial charge in [0.15, 0.2) is 11.0 Å². The van der Waals surface area contributed by atoms with Crippen molar-refractivity contribution in [2.75, 3.05) is 14.2 Å². The van der Waals surface area contributed by atoms with E-state index >= 15 is 0 Å². The molecule has 138 valence electrons. The molecule has 3 rings (SSSR count). The Morgan fingerprint density at radius 3 is 2.50 bits per heavy atom. The van der Waals surface area contributed by atoms with Gasteiger partial charge in [0.1, 0.15) is 16.7 Å². The summed E-state index contributed by atoms with van der Waals surface area (Å²) in [5, 5.41) is -0.452. The number of amides is 1. The maximum absolute atomic E-state index is 14.6. The molecule has 8 heteroatoms. The number of methoxy groups -OCH3 is 2. The molecule has 2 heterocycles. The molecule has 0 aliphatic carbocycles. The van der Waals surface area contributed by atoms with Crippen LogP contribution in [0.25, 0.3) is 0 Å². The SMILES string of the molecule is COc1ccc(CN2C(=O)c3c(Cl)nc(Cl)c(F)c3C2(C)C)c(OC)c1. The summed E-state index contributed by atoms with van der Waals surface area (Å²) in [4.78, 5) is 18.2. The summed E-state index contributed by atoms with van der Waals surface area (Å²) in [6.45, 7) is 3.67. The molecular formula is C18H17Cl2FN2O3. The van der Waals surface area contributed by atoms with Gasteiger partial charge in [0, 0.05) is 17.2 Å². The van der Waals surface area contributed by atoms with Crippen molar-refractivity contribution in [3.63, 3.8) is 0 Å². The third-order valence-electron chi connectivity index (χ3n) is 4.62. The quantitative estimate of drug-likeness (QED) is 0.714. The van der Waals surface area contributed by atoms with Gasteiger partial charge in [-0.15, -0.1) is 0 Å². The van der Waals surface area contributed by atoms with Crippen LogP contribution in [-0.4, -0.2) is 30.0 Å². The van der Waals surface area contributed by atoms with E-state index in [1.165, 1.54) is 12.0 Å². The Morgan fingerprint density at radius 2 is 1.88 bits per heavy atom. The predicted molar refractivity (Wildman–Crippen MR) is 96.7 cm³/mol. The molecule has 0 bridgehead atoms. The van der Waals surface area contributed by atoms with Crippen LogP contribution in [0.4, 0.5) is 4.39 Å². The Morgan fingerprint density at radius 1 is 1.19 bits per heavy atom. The average Bonchev–Trinajstić information content (AvgIpc) is 2.80. The molecule has 0 spiro atoms. The third kappa shape index (κ3) is 2.77. The first-order valence-electron chi connectivity index (χ1n) is 7.80. The van der Waals surface area contributed by atoms with Crippen LogP contribution in [0.5, 0.6) is 11.5 Å². The van der Waals surface area contributed by atoms with Crippen LogP contribution in [0.15, 0.2) is 18.2 Å². The lowest BCUT2D eigenvalue weighted by molar-refractivity contribution is 0.0590. The maximum atomic E-state index is 14.6. The van der Waals surface area contributed by atoms with Crippen molar-refractivity contribution in [1.29, 1.82) is 0 Å². The van der Waals surface area contributed by atoms with Crippen molar-refractivity contribution in [3.05, 3.63) is 51.0 Å². The summed E-state index contributed by atoms with van der Waals surface area (Å²) in [5.74, 6) is 0.0575. The van der Waals surface area contributed by atoms with Crippen molar-refractivity contribution in [2.45, 2.75) is 25.9 Å². The second kappa shape index (κ2) is 6.59. The fourth-order valence-corrected chi connectivity index (χ4v) is 3.71. The maximum Gasteiger partial charge on any atom is 0.258 e. The number of ether oxygens (including phenoxy) is 2. The van der Waals surface area contributed by atoms with Crippen LogP contribution >= 0.6 is 23.2 Å². The smallest absolute Gasteiger partial charge is 0.258 e. The molecule has 0 radical (unpaired) electrons. The monoisotopic (exact) mass is 398 g/mol. The van der Waals surface area contributed by atoms with Crippen molar-refractivity contribution < 1.29 is 18.7 Å². The number of hydrogen-bond donors (Lipinski definition) is 0. The van der Waals surface area contributed by atoms with Crippen molar-refractivity contribution in [1.82, 2.24) is 9.88 Å². The van der Waals surface area contributed by atoms with Gasteiger partial charge in [-0.3, -0.25) is 4.79 Å². The van der Waals surface area contributed by atoms with Gasteiger partial charge in [0.25, 0.3) is 5.91 Å². The molecule has 0 atom stereocenters. The number of rotatable bonds is 4. The van der Waals surface area contributed by atoms with Crippen LogP contribution < -0.4 is 9.47 Å². The van der Waals surface area contributed by atoms with Gasteiger partial charge in [-0.25, -0.2) is 9.37 Å². The molecule has 1 aromatic heterocycles. The van der Waals surface area contributed by atoms with Crippen LogP contribution in [0.2, 0.25) is 10.3 Å². The van der Waals surface area contributed by atoms with Gasteiger partial charge in [0.2, 0.25) is 0 Å². The number of fused-ring (bicyclic) bond motifs is 1. The first-order valence-corrected chi connectivity index (χ1v) is 8.55. The largest absolute Gasteiger partial charge is 0.497 e. The molecule has 1 aliphatic rings. The Bertz CT molecular complexity index is 902. The highest BCUT2D eigenvalue weighted by Crippen LogP contribution is 2.45. The first-order chi connectivity index (χ1) is 12.2. The van der Waals surface area contributed by atoms with Crippen molar-refractivity contribution in [2.24, 2.45) is 0 Å². The highest BCUT2D eigenvalue weighted by atomic mass is 35.5. The molecule has 1 amide bonds. The lowest BCUT2D eigenvalue weighted by Gasteiger charge is -2.33. The van der Waals surface area contributed by atoms with Crippen molar-refractivity contribution >= 4 is 29.1 Å². The van der Waals surface area contributed by atoms with E-state index in [4.69, 9.17) is 32.7 Å². The van der Waals surface area contributed by atoms with Gasteiger partial charge >= 0.3 is 0 Å². The third-order valence-corrected chi connectivity index (χ3v) is 5.15. The van der Waals surface area contributed by atoms with Crippen LogP contribution in [0.3, 0.4) is 0 Å². The Hall–Kier alpha value is -2.05. The Kier molecular flexibility index (Phi) is 4.75. The van der Waals surface area contributed by atoms with Crippen LogP contribution in [0, 0.1) is 5.82 Å². The number of nitrogens with zero attached hydrogens (tertiary/aromatic N) is 2. The van der Waals surface area contributed by atoms with E-state index in [2.05, 4.69) is 4.98 Å². The minimum Gasteiger partial charge on any atom is -0.497 e. The van der Waals surface area contributed by atoms with Crippen LogP contribution in [-0.2, 0) is 12.1 Å². The summed E-state index contributed by atoms with van der Waals surface area (Å²) in [6.07, 6.45) is 0. The number of carbonyl (C=O) groups excluding carboxylic acids is 1. The van der Waals surface area contributed by atoms with Crippen LogP contribution in [0.1, 0.15) is 35.3 Å². The van der Waals surface area contributed by atoms with E-state index in [1.807, 2.05) is 0 Å². The van der Waals surface area contributed by atoms with E-state index in [9.17, 15) is 9.18 Å². The van der Waals surface area contributed by atoms with Gasteiger partial charge < -0.3 is 14.4 Å². The number of carbonyl (C=O) groups is 1. The number of pyridine rings is 1. The zero-order valence-corrected chi connectivity index (χ0v) is 16.2. The molecule has 26 heavy (non-hydrogen) atoms. The minimum absolute atomic E-state index is 0.0473. The summed E-state index contributed by atoms with van der Waals surface area (Å²) >= 11 is 11.9. The summed E-state index contributed by atoms with van der Waals surface area (Å²) in [7, 11) is 3.09. The highest BCUT2D eigenvalue weighted by Gasteiger charge is 2.47. The molecule has 0 saturated carbocycles. The number of hydrogen-bond acceptors (Lipinski definition) is 4. The van der Waals surface area contributed by atoms with Gasteiger partial charge in [-0.05, 0) is 26.0 Å². The normalized spacial score (nSPS) is 15.2. The molecule has 0 N–H and O–H groups in total. The van der Waals surface area contributed by atoms with E-state index in [-0.39, 0.29) is 28.0 Å². The lowest BCUT2D eigenvalue weighted by Crippen LogP contribution is -2.38.